The van der Waals surface area contributed by atoms with Crippen molar-refractivity contribution in [1.82, 2.24) is 28.2 Å². The first-order valence-corrected chi connectivity index (χ1v) is 40.8. The second kappa shape index (κ2) is 27.1. The summed E-state index contributed by atoms with van der Waals surface area (Å²) in [5.41, 5.74) is 17.4. The molecular weight excluding hydrogens is 1410 g/mol. The number of aromatic nitrogens is 6. The number of pyridine rings is 2. The number of hydrogen-bond donors (Lipinski definition) is 1. The zero-order chi connectivity index (χ0) is 81.3. The number of fused-ring (bicyclic) bond motifs is 12. The van der Waals surface area contributed by atoms with Crippen molar-refractivity contribution in [3.8, 4) is 23.3 Å². The molecule has 113 heavy (non-hydrogen) atoms. The molecule has 15 rings (SSSR count). The van der Waals surface area contributed by atoms with E-state index in [-0.39, 0.29) is 72.6 Å². The lowest BCUT2D eigenvalue weighted by molar-refractivity contribution is 0.0469. The summed E-state index contributed by atoms with van der Waals surface area (Å²) < 4.78 is 46.0. The Balaban J connectivity index is 0.842. The summed E-state index contributed by atoms with van der Waals surface area (Å²) in [6.07, 6.45) is 0. The first kappa shape index (κ1) is 77.8. The summed E-state index contributed by atoms with van der Waals surface area (Å²) in [4.78, 5) is 41.3. The Bertz CT molecular complexity index is 5470. The van der Waals surface area contributed by atoms with Gasteiger partial charge in [-0.15, -0.1) is 0 Å². The molecule has 0 aliphatic carbocycles. The SMILES string of the molecule is CC(C)(C)c1ccc2c(c1)c1cc(C(C)(C)C)ccc1n2-c1cc(COC(=O)c2cc(C(=O)OCc3cc(-n4c5ccc(C(C)(C)C)cc5c5cc(C(C)(C)C)ccc54)nc(-n4c5ccc(C(C)(C)C)cc5c5cc(C(C)(C)C)ccc54)c3)cc(S(=O)O)c2)cc(-n2c3ccc(C(C)(C)C)cc3c3cc(C(C)(C)C)ccc32)n1. The minimum absolute atomic E-state index is 0.107. The predicted molar refractivity (Wildman–Crippen MR) is 469 cm³/mol. The number of ether oxygens (including phenoxy) is 2. The number of carbonyl (C=O) groups is 2. The van der Waals surface area contributed by atoms with Crippen LogP contribution < -0.4 is 0 Å². The number of rotatable bonds is 11. The lowest BCUT2D eigenvalue weighted by Crippen LogP contribution is -2.12. The van der Waals surface area contributed by atoms with Crippen LogP contribution in [0.2, 0.25) is 0 Å². The Morgan fingerprint density at radius 3 is 0.619 bits per heavy atom. The van der Waals surface area contributed by atoms with E-state index in [1.54, 1.807) is 0 Å². The highest BCUT2D eigenvalue weighted by atomic mass is 32.2. The Labute approximate surface area is 667 Å². The maximum Gasteiger partial charge on any atom is 0.338 e. The minimum Gasteiger partial charge on any atom is -0.457 e. The number of nitrogens with zero attached hydrogens (tertiary/aromatic N) is 6. The van der Waals surface area contributed by atoms with Crippen LogP contribution in [-0.4, -0.2) is 48.9 Å². The second-order valence-electron chi connectivity index (χ2n) is 39.7. The fraction of sp³-hybridized carbons (Fsp3) is 0.340. The molecule has 6 aromatic heterocycles. The van der Waals surface area contributed by atoms with Gasteiger partial charge in [0.05, 0.1) is 60.2 Å². The van der Waals surface area contributed by atoms with Crippen molar-refractivity contribution in [2.24, 2.45) is 0 Å². The average molecular weight is 1520 g/mol. The van der Waals surface area contributed by atoms with Gasteiger partial charge in [-0.2, -0.15) is 0 Å². The highest BCUT2D eigenvalue weighted by Gasteiger charge is 2.30. The molecule has 0 bridgehead atoms. The Hall–Kier alpha value is -10.5. The van der Waals surface area contributed by atoms with Gasteiger partial charge in [0.25, 0.3) is 0 Å². The van der Waals surface area contributed by atoms with Crippen LogP contribution in [0.15, 0.2) is 193 Å². The van der Waals surface area contributed by atoms with Gasteiger partial charge in [0, 0.05) is 43.1 Å². The number of benzene rings is 9. The normalized spacial score (nSPS) is 13.5. The van der Waals surface area contributed by atoms with Crippen LogP contribution in [0, 0.1) is 0 Å². The smallest absolute Gasteiger partial charge is 0.338 e. The molecule has 9 aromatic carbocycles. The van der Waals surface area contributed by atoms with Crippen LogP contribution >= 0.6 is 0 Å². The summed E-state index contributed by atoms with van der Waals surface area (Å²) in [7, 11) is 0. The zero-order valence-corrected chi connectivity index (χ0v) is 71.2. The fourth-order valence-electron chi connectivity index (χ4n) is 15.9. The van der Waals surface area contributed by atoms with Crippen molar-refractivity contribution in [3.05, 3.63) is 255 Å². The lowest BCUT2D eigenvalue weighted by Gasteiger charge is -2.19. The number of carbonyl (C=O) groups excluding carboxylic acids is 2. The molecule has 0 aliphatic rings. The van der Waals surface area contributed by atoms with Gasteiger partial charge in [-0.1, -0.05) is 215 Å². The molecule has 0 spiro atoms. The van der Waals surface area contributed by atoms with Crippen molar-refractivity contribution in [2.45, 2.75) is 228 Å². The molecule has 580 valence electrons. The van der Waals surface area contributed by atoms with Crippen molar-refractivity contribution < 1.29 is 27.8 Å². The van der Waals surface area contributed by atoms with Crippen LogP contribution in [-0.2, 0) is 77.1 Å². The summed E-state index contributed by atoms with van der Waals surface area (Å²) in [5, 5.41) is 8.77. The number of esters is 2. The molecule has 1 atom stereocenters. The van der Waals surface area contributed by atoms with Gasteiger partial charge >= 0.3 is 11.9 Å². The van der Waals surface area contributed by atoms with E-state index in [0.717, 1.165) is 87.2 Å². The monoisotopic (exact) mass is 1520 g/mol. The predicted octanol–water partition coefficient (Wildman–Crippen LogP) is 25.5. The van der Waals surface area contributed by atoms with Crippen LogP contribution in [0.3, 0.4) is 0 Å². The van der Waals surface area contributed by atoms with Crippen LogP contribution in [0.5, 0.6) is 0 Å². The van der Waals surface area contributed by atoms with Gasteiger partial charge in [0.15, 0.2) is 11.1 Å². The second-order valence-corrected chi connectivity index (χ2v) is 40.7. The molecule has 13 heteroatoms. The zero-order valence-electron chi connectivity index (χ0n) is 70.4. The van der Waals surface area contributed by atoms with E-state index in [2.05, 4.69) is 330 Å². The molecule has 0 radical (unpaired) electrons. The summed E-state index contributed by atoms with van der Waals surface area (Å²) in [6.45, 7) is 53.2. The fourth-order valence-corrected chi connectivity index (χ4v) is 16.4. The quantitative estimate of drug-likeness (QED) is 0.0999. The van der Waals surface area contributed by atoms with E-state index in [9.17, 15) is 8.76 Å². The van der Waals surface area contributed by atoms with Gasteiger partial charge in [0.2, 0.25) is 0 Å². The van der Waals surface area contributed by atoms with Gasteiger partial charge in [0.1, 0.15) is 36.5 Å². The molecule has 1 N–H and O–H groups in total. The Morgan fingerprint density at radius 1 is 0.283 bits per heavy atom. The van der Waals surface area contributed by atoms with Crippen molar-refractivity contribution in [2.75, 3.05) is 0 Å². The minimum atomic E-state index is -2.63. The van der Waals surface area contributed by atoms with Crippen LogP contribution in [0.1, 0.15) is 243 Å². The topological polar surface area (TPSA) is 135 Å². The van der Waals surface area contributed by atoms with E-state index >= 15 is 9.59 Å². The highest BCUT2D eigenvalue weighted by Crippen LogP contribution is 2.45. The van der Waals surface area contributed by atoms with E-state index in [1.807, 2.05) is 24.3 Å². The maximum atomic E-state index is 15.1. The molecular formula is C100H108N6O6S. The third-order valence-electron chi connectivity index (χ3n) is 22.9. The summed E-state index contributed by atoms with van der Waals surface area (Å²) >= 11 is -2.63. The Kier molecular flexibility index (Phi) is 18.7. The van der Waals surface area contributed by atoms with Gasteiger partial charge in [-0.05, 0) is 238 Å². The maximum absolute atomic E-state index is 15.1. The standard InChI is InChI=1S/C100H108N6O6S/c1-93(2,3)62-25-33-79-71(48-62)72-49-63(94(4,5)6)26-34-80(72)103(79)87-41-58(42-88(101-87)104-81-35-27-64(95(7,8)9)50-73(81)74-51-65(96(10,11)12)28-36-82(74)104)56-111-91(107)60-45-61(47-70(46-60)113(109)110)92(108)112-57-59-43-89(105-83-37-29-66(97(13,14)15)52-75(83)76-53-67(98(16,17)18)30-38-84(76)105)102-90(44-59)106-85-39-31-68(99(19,20)21)54-77(85)78-55-69(100(22,23)24)32-40-86(78)106/h25-55H,56-57H2,1-24H3,(H,109,110). The van der Waals surface area contributed by atoms with E-state index < -0.39 is 23.0 Å². The third kappa shape index (κ3) is 14.5. The van der Waals surface area contributed by atoms with E-state index in [1.165, 1.54) is 62.7 Å². The van der Waals surface area contributed by atoms with Gasteiger partial charge in [-0.25, -0.2) is 23.8 Å². The first-order chi connectivity index (χ1) is 52.7. The van der Waals surface area contributed by atoms with Gasteiger partial charge in [-0.3, -0.25) is 18.3 Å². The molecule has 0 fully saturated rings. The molecule has 1 unspecified atom stereocenters. The highest BCUT2D eigenvalue weighted by molar-refractivity contribution is 7.79. The molecule has 0 amide bonds. The van der Waals surface area contributed by atoms with Crippen molar-refractivity contribution in [1.29, 1.82) is 0 Å². The first-order valence-electron chi connectivity index (χ1n) is 39.7. The Morgan fingerprint density at radius 2 is 0.460 bits per heavy atom. The lowest BCUT2D eigenvalue weighted by atomic mass is 9.85. The molecule has 0 saturated heterocycles. The van der Waals surface area contributed by atoms with Crippen LogP contribution in [0.4, 0.5) is 0 Å². The van der Waals surface area contributed by atoms with E-state index in [4.69, 9.17) is 19.4 Å². The van der Waals surface area contributed by atoms with Crippen LogP contribution in [0.25, 0.3) is 110 Å². The average Bonchev–Trinajstić information content (AvgIpc) is 1.58. The molecule has 15 aromatic rings. The molecule has 0 aliphatic heterocycles. The van der Waals surface area contributed by atoms with Gasteiger partial charge < -0.3 is 14.0 Å². The third-order valence-corrected chi connectivity index (χ3v) is 23.6. The molecule has 0 saturated carbocycles. The van der Waals surface area contributed by atoms with E-state index in [0.29, 0.717) is 34.4 Å². The summed E-state index contributed by atoms with van der Waals surface area (Å²) in [6, 6.07) is 65.7. The van der Waals surface area contributed by atoms with Crippen molar-refractivity contribution in [3.63, 3.8) is 0 Å². The van der Waals surface area contributed by atoms with Crippen molar-refractivity contribution >= 4 is 110 Å². The summed E-state index contributed by atoms with van der Waals surface area (Å²) in [5.74, 6) is 0.823. The molecule has 12 nitrogen and oxygen atoms in total. The molecule has 6 heterocycles. The largest absolute Gasteiger partial charge is 0.457 e. The number of hydrogen-bond acceptors (Lipinski definition) is 7.